The van der Waals surface area contributed by atoms with Crippen molar-refractivity contribution in [2.45, 2.75) is 161 Å². The molecule has 7 heteroatoms. The third-order valence-electron chi connectivity index (χ3n) is 7.63. The van der Waals surface area contributed by atoms with Crippen LogP contribution in [-0.4, -0.2) is 58.8 Å². The van der Waals surface area contributed by atoms with Gasteiger partial charge >= 0.3 is 11.9 Å². The van der Waals surface area contributed by atoms with E-state index in [0.29, 0.717) is 25.7 Å². The lowest BCUT2D eigenvalue weighted by molar-refractivity contribution is -0.152. The Balaban J connectivity index is 3.75. The molecule has 7 nitrogen and oxygen atoms in total. The highest BCUT2D eigenvalue weighted by Gasteiger charge is 2.12. The fourth-order valence-electron chi connectivity index (χ4n) is 4.77. The fraction of sp³-hybridized carbons (Fsp3) is 0.659. The number of aliphatic hydroxyl groups is 3. The van der Waals surface area contributed by atoms with Gasteiger partial charge in [-0.3, -0.25) is 9.59 Å². The summed E-state index contributed by atoms with van der Waals surface area (Å²) in [4.78, 5) is 23.9. The number of unbranched alkanes of at least 4 members (excludes halogenated alkanes) is 13. The van der Waals surface area contributed by atoms with Crippen LogP contribution >= 0.6 is 0 Å². The molecular formula is C41H68O7. The van der Waals surface area contributed by atoms with Gasteiger partial charge in [0.05, 0.1) is 12.2 Å². The zero-order valence-corrected chi connectivity index (χ0v) is 30.2. The van der Waals surface area contributed by atoms with Crippen molar-refractivity contribution in [3.63, 3.8) is 0 Å². The molecule has 0 aromatic heterocycles. The lowest BCUT2D eigenvalue weighted by Gasteiger charge is -2.12. The number of hydrogen-bond acceptors (Lipinski definition) is 7. The van der Waals surface area contributed by atoms with Crippen LogP contribution in [0.5, 0.6) is 0 Å². The van der Waals surface area contributed by atoms with Gasteiger partial charge in [-0.05, 0) is 38.5 Å². The third kappa shape index (κ3) is 34.6. The first-order chi connectivity index (χ1) is 23.4. The van der Waals surface area contributed by atoms with Crippen molar-refractivity contribution in [1.82, 2.24) is 0 Å². The molecule has 0 fully saturated rings. The molecule has 48 heavy (non-hydrogen) atoms. The van der Waals surface area contributed by atoms with Crippen molar-refractivity contribution < 1.29 is 34.4 Å². The van der Waals surface area contributed by atoms with Crippen LogP contribution in [0.1, 0.15) is 142 Å². The molecule has 3 atom stereocenters. The fourth-order valence-corrected chi connectivity index (χ4v) is 4.77. The molecule has 0 bridgehead atoms. The van der Waals surface area contributed by atoms with Crippen LogP contribution in [-0.2, 0) is 19.1 Å². The number of esters is 2. The maximum atomic E-state index is 11.9. The average molecular weight is 673 g/mol. The van der Waals surface area contributed by atoms with Crippen LogP contribution in [0, 0.1) is 0 Å². The molecule has 0 amide bonds. The van der Waals surface area contributed by atoms with Crippen LogP contribution < -0.4 is 0 Å². The van der Waals surface area contributed by atoms with Gasteiger partial charge in [0, 0.05) is 12.8 Å². The molecule has 0 unspecified atom stereocenters. The molecule has 0 saturated heterocycles. The summed E-state index contributed by atoms with van der Waals surface area (Å²) in [7, 11) is 0. The Morgan fingerprint density at radius 3 is 1.65 bits per heavy atom. The van der Waals surface area contributed by atoms with E-state index >= 15 is 0 Å². The summed E-state index contributed by atoms with van der Waals surface area (Å²) in [5.74, 6) is -0.746. The summed E-state index contributed by atoms with van der Waals surface area (Å²) in [5.41, 5.74) is 0. The summed E-state index contributed by atoms with van der Waals surface area (Å²) >= 11 is 0. The second kappa shape index (κ2) is 35.6. The summed E-state index contributed by atoms with van der Waals surface area (Å²) in [6.45, 7) is 3.93. The highest BCUT2D eigenvalue weighted by molar-refractivity contribution is 5.69. The van der Waals surface area contributed by atoms with Gasteiger partial charge in [0.25, 0.3) is 0 Å². The van der Waals surface area contributed by atoms with Gasteiger partial charge < -0.3 is 24.8 Å². The highest BCUT2D eigenvalue weighted by Crippen LogP contribution is 2.13. The monoisotopic (exact) mass is 672 g/mol. The SMILES string of the molecule is CC/C=C\C[C@@H](O)/C=C/C=C\C/C=C\C=C\[C@@H](O)/C=C\CCCC(=O)OC[C@@H](O)COC(=O)CCCCCCCCCCCCCCC. The number of rotatable bonds is 32. The largest absolute Gasteiger partial charge is 0.463 e. The Morgan fingerprint density at radius 2 is 1.08 bits per heavy atom. The molecule has 0 aliphatic rings. The summed E-state index contributed by atoms with van der Waals surface area (Å²) in [6, 6.07) is 0. The van der Waals surface area contributed by atoms with Gasteiger partial charge in [-0.15, -0.1) is 0 Å². The number of aliphatic hydroxyl groups excluding tert-OH is 3. The Morgan fingerprint density at radius 1 is 0.562 bits per heavy atom. The van der Waals surface area contributed by atoms with E-state index in [2.05, 4.69) is 13.8 Å². The molecule has 0 aliphatic heterocycles. The first kappa shape index (κ1) is 45.3. The lowest BCUT2D eigenvalue weighted by Crippen LogP contribution is -2.25. The van der Waals surface area contributed by atoms with Crippen molar-refractivity contribution in [3.8, 4) is 0 Å². The predicted molar refractivity (Wildman–Crippen MR) is 198 cm³/mol. The molecule has 3 N–H and O–H groups in total. The molecule has 0 spiro atoms. The molecule has 0 aromatic carbocycles. The second-order valence-corrected chi connectivity index (χ2v) is 12.4. The molecular weight excluding hydrogens is 604 g/mol. The molecule has 0 radical (unpaired) electrons. The molecule has 0 aromatic rings. The third-order valence-corrected chi connectivity index (χ3v) is 7.63. The van der Waals surface area contributed by atoms with Gasteiger partial charge in [0.2, 0.25) is 0 Å². The van der Waals surface area contributed by atoms with Gasteiger partial charge in [0.15, 0.2) is 0 Å². The normalized spacial score (nSPS) is 14.4. The maximum Gasteiger partial charge on any atom is 0.305 e. The zero-order valence-electron chi connectivity index (χ0n) is 30.2. The zero-order chi connectivity index (χ0) is 35.3. The maximum absolute atomic E-state index is 11.9. The summed E-state index contributed by atoms with van der Waals surface area (Å²) < 4.78 is 10.2. The quantitative estimate of drug-likeness (QED) is 0.0282. The Labute approximate surface area is 292 Å². The van der Waals surface area contributed by atoms with E-state index in [9.17, 15) is 24.9 Å². The van der Waals surface area contributed by atoms with Crippen molar-refractivity contribution >= 4 is 11.9 Å². The Kier molecular flexibility index (Phi) is 33.5. The van der Waals surface area contributed by atoms with Crippen LogP contribution in [0.4, 0.5) is 0 Å². The van der Waals surface area contributed by atoms with E-state index in [1.54, 1.807) is 24.3 Å². The minimum atomic E-state index is -1.04. The molecule has 274 valence electrons. The van der Waals surface area contributed by atoms with Crippen molar-refractivity contribution in [2.75, 3.05) is 13.2 Å². The minimum absolute atomic E-state index is 0.176. The van der Waals surface area contributed by atoms with Crippen molar-refractivity contribution in [3.05, 3.63) is 72.9 Å². The van der Waals surface area contributed by atoms with Crippen LogP contribution in [0.3, 0.4) is 0 Å². The van der Waals surface area contributed by atoms with Crippen molar-refractivity contribution in [1.29, 1.82) is 0 Å². The first-order valence-corrected chi connectivity index (χ1v) is 18.7. The van der Waals surface area contributed by atoms with E-state index in [1.165, 1.54) is 64.2 Å². The molecule has 0 aliphatic carbocycles. The van der Waals surface area contributed by atoms with E-state index in [4.69, 9.17) is 9.47 Å². The van der Waals surface area contributed by atoms with Crippen LogP contribution in [0.15, 0.2) is 72.9 Å². The van der Waals surface area contributed by atoms with Gasteiger partial charge in [0.1, 0.15) is 19.3 Å². The summed E-state index contributed by atoms with van der Waals surface area (Å²) in [6.07, 6.45) is 40.3. The van der Waals surface area contributed by atoms with Crippen molar-refractivity contribution in [2.24, 2.45) is 0 Å². The second-order valence-electron chi connectivity index (χ2n) is 12.4. The smallest absolute Gasteiger partial charge is 0.305 e. The van der Waals surface area contributed by atoms with E-state index in [-0.39, 0.29) is 25.6 Å². The van der Waals surface area contributed by atoms with E-state index in [0.717, 1.165) is 32.1 Å². The van der Waals surface area contributed by atoms with Gasteiger partial charge in [-0.1, -0.05) is 164 Å². The van der Waals surface area contributed by atoms with Gasteiger partial charge in [-0.25, -0.2) is 0 Å². The number of hydrogen-bond donors (Lipinski definition) is 3. The Hall–Kier alpha value is -2.74. The topological polar surface area (TPSA) is 113 Å². The molecule has 0 heterocycles. The minimum Gasteiger partial charge on any atom is -0.463 e. The van der Waals surface area contributed by atoms with E-state index < -0.39 is 24.3 Å². The average Bonchev–Trinajstić information content (AvgIpc) is 3.07. The van der Waals surface area contributed by atoms with Crippen LogP contribution in [0.25, 0.3) is 0 Å². The van der Waals surface area contributed by atoms with E-state index in [1.807, 2.05) is 48.6 Å². The first-order valence-electron chi connectivity index (χ1n) is 18.7. The number of carbonyl (C=O) groups excluding carboxylic acids is 2. The number of carbonyl (C=O) groups is 2. The Bertz CT molecular complexity index is 931. The standard InChI is InChI=1S/C41H68O7/c1-3-5-7-8-9-10-11-12-13-14-18-21-27-33-40(45)47-35-39(44)36-48-41(46)34-28-22-26-32-38(43)31-25-20-17-15-16-19-24-30-37(42)29-23-6-4-2/h6,16-17,19-20,23-26,30-32,37-39,42-44H,3-5,7-15,18,21-22,27-29,33-36H2,1-2H3/b19-16-,20-17-,23-6-,30-24+,31-25+,32-26-/t37-,38-,39+/m1/s1. The molecule has 0 rings (SSSR count). The number of ether oxygens (including phenoxy) is 2. The summed E-state index contributed by atoms with van der Waals surface area (Å²) in [5, 5.41) is 29.8. The molecule has 0 saturated carbocycles. The number of allylic oxidation sites excluding steroid dienone is 8. The van der Waals surface area contributed by atoms with Gasteiger partial charge in [-0.2, -0.15) is 0 Å². The lowest BCUT2D eigenvalue weighted by atomic mass is 10.0. The van der Waals surface area contributed by atoms with Crippen LogP contribution in [0.2, 0.25) is 0 Å². The highest BCUT2D eigenvalue weighted by atomic mass is 16.6. The predicted octanol–water partition coefficient (Wildman–Crippen LogP) is 9.33.